The van der Waals surface area contributed by atoms with Crippen LogP contribution in [0.15, 0.2) is 59.1 Å². The fraction of sp³-hybridized carbons (Fsp3) is 0.391. The van der Waals surface area contributed by atoms with Gasteiger partial charge in [-0.2, -0.15) is 0 Å². The zero-order valence-electron chi connectivity index (χ0n) is 18.0. The van der Waals surface area contributed by atoms with E-state index >= 15 is 0 Å². The van der Waals surface area contributed by atoms with Gasteiger partial charge in [-0.05, 0) is 43.2 Å². The van der Waals surface area contributed by atoms with Crippen LogP contribution in [-0.4, -0.2) is 49.7 Å². The van der Waals surface area contributed by atoms with Crippen molar-refractivity contribution in [2.45, 2.75) is 26.0 Å². The van der Waals surface area contributed by atoms with Crippen LogP contribution in [0.2, 0.25) is 0 Å². The number of hydrogen-bond donors (Lipinski definition) is 3. The minimum absolute atomic E-state index is 0.0669. The molecule has 0 aromatic heterocycles. The van der Waals surface area contributed by atoms with Gasteiger partial charge in [-0.15, -0.1) is 0 Å². The van der Waals surface area contributed by atoms with Crippen molar-refractivity contribution in [3.63, 3.8) is 0 Å². The summed E-state index contributed by atoms with van der Waals surface area (Å²) in [6.45, 7) is 2.95. The van der Waals surface area contributed by atoms with Crippen molar-refractivity contribution >= 4 is 27.7 Å². The summed E-state index contributed by atoms with van der Waals surface area (Å²) in [5.74, 6) is -1.59. The Balaban J connectivity index is 2.01. The quantitative estimate of drug-likeness (QED) is 0.156. The fourth-order valence-electron chi connectivity index (χ4n) is 2.95. The summed E-state index contributed by atoms with van der Waals surface area (Å²) in [6.07, 6.45) is 0.204. The second-order valence-electron chi connectivity index (χ2n) is 7.07. The van der Waals surface area contributed by atoms with Gasteiger partial charge in [-0.3, -0.25) is 14.8 Å². The van der Waals surface area contributed by atoms with Gasteiger partial charge in [0.1, 0.15) is 6.79 Å². The molecule has 2 atom stereocenters. The normalized spacial score (nSPS) is 12.7. The molecule has 2 unspecified atom stereocenters. The number of rotatable bonds is 14. The van der Waals surface area contributed by atoms with Crippen molar-refractivity contribution in [2.75, 3.05) is 26.6 Å². The molecule has 0 heterocycles. The molecular formula is C23H29BrN2O6. The first-order chi connectivity index (χ1) is 15.5. The van der Waals surface area contributed by atoms with E-state index in [0.717, 1.165) is 10.0 Å². The number of halogens is 1. The number of nitrogens with one attached hydrogen (secondary N) is 2. The van der Waals surface area contributed by atoms with Crippen LogP contribution in [0.5, 0.6) is 0 Å². The number of ether oxygens (including phenoxy) is 3. The molecule has 32 heavy (non-hydrogen) atoms. The number of amides is 2. The molecule has 0 saturated heterocycles. The van der Waals surface area contributed by atoms with Crippen molar-refractivity contribution < 1.29 is 29.0 Å². The second-order valence-corrected chi connectivity index (χ2v) is 7.98. The lowest BCUT2D eigenvalue weighted by atomic mass is 9.99. The predicted molar refractivity (Wildman–Crippen MR) is 122 cm³/mol. The summed E-state index contributed by atoms with van der Waals surface area (Å²) in [4.78, 5) is 24.9. The lowest BCUT2D eigenvalue weighted by Gasteiger charge is -2.23. The minimum Gasteiger partial charge on any atom is -0.376 e. The molecule has 0 aliphatic carbocycles. The average Bonchev–Trinajstić information content (AvgIpc) is 2.81. The Morgan fingerprint density at radius 3 is 2.38 bits per heavy atom. The van der Waals surface area contributed by atoms with Gasteiger partial charge in [0, 0.05) is 16.6 Å². The Kier molecular flexibility index (Phi) is 11.9. The van der Waals surface area contributed by atoms with Crippen LogP contribution in [0, 0.1) is 5.92 Å². The highest BCUT2D eigenvalue weighted by molar-refractivity contribution is 9.10. The third-order valence-corrected chi connectivity index (χ3v) is 5.14. The number of hydroxylamine groups is 1. The zero-order valence-corrected chi connectivity index (χ0v) is 19.5. The van der Waals surface area contributed by atoms with Gasteiger partial charge in [0.25, 0.3) is 5.91 Å². The highest BCUT2D eigenvalue weighted by Crippen LogP contribution is 2.14. The van der Waals surface area contributed by atoms with Gasteiger partial charge in [0.2, 0.25) is 5.91 Å². The number of hydrogen-bond acceptors (Lipinski definition) is 6. The Morgan fingerprint density at radius 2 is 1.72 bits per heavy atom. The molecule has 3 N–H and O–H groups in total. The summed E-state index contributed by atoms with van der Waals surface area (Å²) in [6, 6.07) is 16.0. The predicted octanol–water partition coefficient (Wildman–Crippen LogP) is 3.29. The minimum atomic E-state index is -0.699. The molecule has 0 spiro atoms. The zero-order chi connectivity index (χ0) is 23.2. The SMILES string of the molecule is CCOCOCC(CC(COCc1ccccc1)C(=O)NO)NC(=O)c1ccc(Br)cc1. The molecule has 174 valence electrons. The summed E-state index contributed by atoms with van der Waals surface area (Å²) >= 11 is 3.34. The van der Waals surface area contributed by atoms with Crippen molar-refractivity contribution in [3.05, 3.63) is 70.2 Å². The maximum atomic E-state index is 12.7. The Bertz CT molecular complexity index is 819. The maximum absolute atomic E-state index is 12.7. The number of benzene rings is 2. The fourth-order valence-corrected chi connectivity index (χ4v) is 3.21. The topological polar surface area (TPSA) is 106 Å². The van der Waals surface area contributed by atoms with E-state index in [1.165, 1.54) is 0 Å². The molecule has 2 aromatic rings. The maximum Gasteiger partial charge on any atom is 0.251 e. The monoisotopic (exact) mass is 508 g/mol. The van der Waals surface area contributed by atoms with Crippen LogP contribution in [0.4, 0.5) is 0 Å². The summed E-state index contributed by atoms with van der Waals surface area (Å²) in [5.41, 5.74) is 3.13. The van der Waals surface area contributed by atoms with Crippen LogP contribution in [0.25, 0.3) is 0 Å². The van der Waals surface area contributed by atoms with Crippen LogP contribution in [-0.2, 0) is 25.6 Å². The van der Waals surface area contributed by atoms with E-state index in [9.17, 15) is 9.59 Å². The molecule has 9 heteroatoms. The molecule has 8 nitrogen and oxygen atoms in total. The van der Waals surface area contributed by atoms with Gasteiger partial charge in [-0.25, -0.2) is 5.48 Å². The number of carbonyl (C=O) groups is 2. The third-order valence-electron chi connectivity index (χ3n) is 4.61. The van der Waals surface area contributed by atoms with Crippen LogP contribution in [0.3, 0.4) is 0 Å². The Morgan fingerprint density at radius 1 is 1.00 bits per heavy atom. The summed E-state index contributed by atoms with van der Waals surface area (Å²) in [7, 11) is 0. The lowest BCUT2D eigenvalue weighted by molar-refractivity contribution is -0.136. The average molecular weight is 509 g/mol. The van der Waals surface area contributed by atoms with E-state index in [0.29, 0.717) is 18.8 Å². The van der Waals surface area contributed by atoms with Crippen molar-refractivity contribution in [1.29, 1.82) is 0 Å². The summed E-state index contributed by atoms with van der Waals surface area (Å²) in [5, 5.41) is 12.1. The Labute approximate surface area is 196 Å². The Hall–Kier alpha value is -2.30. The van der Waals surface area contributed by atoms with Gasteiger partial charge in [0.15, 0.2) is 0 Å². The molecule has 2 aromatic carbocycles. The van der Waals surface area contributed by atoms with Crippen molar-refractivity contribution in [2.24, 2.45) is 5.92 Å². The molecule has 0 saturated carbocycles. The van der Waals surface area contributed by atoms with E-state index in [4.69, 9.17) is 19.4 Å². The highest BCUT2D eigenvalue weighted by Gasteiger charge is 2.25. The third kappa shape index (κ3) is 9.46. The van der Waals surface area contributed by atoms with E-state index in [1.54, 1.807) is 29.7 Å². The van der Waals surface area contributed by atoms with Crippen LogP contribution < -0.4 is 10.8 Å². The smallest absolute Gasteiger partial charge is 0.251 e. The van der Waals surface area contributed by atoms with E-state index < -0.39 is 17.9 Å². The first-order valence-electron chi connectivity index (χ1n) is 10.3. The molecule has 0 fully saturated rings. The standard InChI is InChI=1S/C23H29BrN2O6/c1-2-30-16-32-15-21(25-22(27)18-8-10-20(24)11-9-18)12-19(23(28)26-29)14-31-13-17-6-4-3-5-7-17/h3-11,19,21,29H,2,12-16H2,1H3,(H,25,27)(H,26,28). The molecule has 2 rings (SSSR count). The van der Waals surface area contributed by atoms with Gasteiger partial charge >= 0.3 is 0 Å². The van der Waals surface area contributed by atoms with E-state index in [2.05, 4.69) is 21.2 Å². The molecule has 0 aliphatic heterocycles. The van der Waals surface area contributed by atoms with Crippen molar-refractivity contribution in [1.82, 2.24) is 10.8 Å². The highest BCUT2D eigenvalue weighted by atomic mass is 79.9. The van der Waals surface area contributed by atoms with Gasteiger partial charge < -0.3 is 19.5 Å². The number of carbonyl (C=O) groups excluding carboxylic acids is 2. The van der Waals surface area contributed by atoms with Crippen LogP contribution >= 0.6 is 15.9 Å². The largest absolute Gasteiger partial charge is 0.376 e. The van der Waals surface area contributed by atoms with Crippen LogP contribution in [0.1, 0.15) is 29.3 Å². The first-order valence-corrected chi connectivity index (χ1v) is 11.1. The molecular weight excluding hydrogens is 480 g/mol. The second kappa shape index (κ2) is 14.7. The van der Waals surface area contributed by atoms with Gasteiger partial charge in [-0.1, -0.05) is 46.3 Å². The van der Waals surface area contributed by atoms with E-state index in [-0.39, 0.29) is 32.3 Å². The van der Waals surface area contributed by atoms with E-state index in [1.807, 2.05) is 37.3 Å². The van der Waals surface area contributed by atoms with Crippen molar-refractivity contribution in [3.8, 4) is 0 Å². The molecule has 2 amide bonds. The van der Waals surface area contributed by atoms with Gasteiger partial charge in [0.05, 0.1) is 31.8 Å². The lowest BCUT2D eigenvalue weighted by Crippen LogP contribution is -2.43. The molecule has 0 radical (unpaired) electrons. The summed E-state index contributed by atoms with van der Waals surface area (Å²) < 4.78 is 17.2. The first kappa shape index (κ1) is 26.0. The molecule has 0 bridgehead atoms. The molecule has 0 aliphatic rings.